The van der Waals surface area contributed by atoms with E-state index in [4.69, 9.17) is 0 Å². The molecule has 7 nitrogen and oxygen atoms in total. The smallest absolute Gasteiger partial charge is 0.232 e. The highest BCUT2D eigenvalue weighted by Gasteiger charge is 2.10. The van der Waals surface area contributed by atoms with Crippen LogP contribution >= 0.6 is 0 Å². The zero-order valence-electron chi connectivity index (χ0n) is 12.9. The molecule has 0 spiro atoms. The van der Waals surface area contributed by atoms with Gasteiger partial charge in [-0.25, -0.2) is 0 Å². The number of nitrogens with zero attached hydrogens (tertiary/aromatic N) is 5. The van der Waals surface area contributed by atoms with Crippen molar-refractivity contribution in [3.8, 4) is 0 Å². The Balaban J connectivity index is 1.90. The van der Waals surface area contributed by atoms with Crippen molar-refractivity contribution in [2.24, 2.45) is 0 Å². The van der Waals surface area contributed by atoms with Crippen molar-refractivity contribution in [1.82, 2.24) is 24.9 Å². The molecule has 0 radical (unpaired) electrons. The standard InChI is InChI=1S/C16H17N7/c1-11(2)14-21-15(19-12-5-3-7-17-9-12)23-16(22-14)20-13-6-4-8-18-10-13/h3-11H,1-2H3,(H2,19,20,21,22,23). The third-order valence-corrected chi connectivity index (χ3v) is 3.00. The molecule has 116 valence electrons. The van der Waals surface area contributed by atoms with Crippen LogP contribution in [0.4, 0.5) is 23.3 Å². The molecular weight excluding hydrogens is 290 g/mol. The fourth-order valence-electron chi connectivity index (χ4n) is 1.89. The van der Waals surface area contributed by atoms with E-state index in [0.29, 0.717) is 17.7 Å². The summed E-state index contributed by atoms with van der Waals surface area (Å²) in [5, 5.41) is 6.29. The van der Waals surface area contributed by atoms with Crippen molar-refractivity contribution in [2.75, 3.05) is 10.6 Å². The van der Waals surface area contributed by atoms with Crippen LogP contribution in [0.3, 0.4) is 0 Å². The molecule has 3 heterocycles. The first-order chi connectivity index (χ1) is 11.2. The quantitative estimate of drug-likeness (QED) is 0.747. The van der Waals surface area contributed by atoms with E-state index < -0.39 is 0 Å². The molecule has 0 bridgehead atoms. The molecule has 23 heavy (non-hydrogen) atoms. The van der Waals surface area contributed by atoms with Gasteiger partial charge in [0.2, 0.25) is 11.9 Å². The van der Waals surface area contributed by atoms with Crippen molar-refractivity contribution in [2.45, 2.75) is 19.8 Å². The molecule has 0 aliphatic heterocycles. The minimum Gasteiger partial charge on any atom is -0.323 e. The minimum absolute atomic E-state index is 0.182. The molecule has 0 aliphatic carbocycles. The fraction of sp³-hybridized carbons (Fsp3) is 0.188. The maximum atomic E-state index is 4.45. The number of rotatable bonds is 5. The van der Waals surface area contributed by atoms with Gasteiger partial charge in [-0.2, -0.15) is 15.0 Å². The van der Waals surface area contributed by atoms with Gasteiger partial charge in [0.25, 0.3) is 0 Å². The molecule has 2 N–H and O–H groups in total. The molecule has 0 saturated carbocycles. The Morgan fingerprint density at radius 1 is 0.783 bits per heavy atom. The van der Waals surface area contributed by atoms with Crippen LogP contribution < -0.4 is 10.6 Å². The monoisotopic (exact) mass is 307 g/mol. The first-order valence-corrected chi connectivity index (χ1v) is 7.31. The molecule has 0 unspecified atom stereocenters. The van der Waals surface area contributed by atoms with Gasteiger partial charge in [0.1, 0.15) is 5.82 Å². The zero-order valence-corrected chi connectivity index (χ0v) is 12.9. The summed E-state index contributed by atoms with van der Waals surface area (Å²) in [6, 6.07) is 7.50. The largest absolute Gasteiger partial charge is 0.323 e. The summed E-state index contributed by atoms with van der Waals surface area (Å²) in [6.07, 6.45) is 6.86. The van der Waals surface area contributed by atoms with E-state index in [9.17, 15) is 0 Å². The zero-order chi connectivity index (χ0) is 16.1. The van der Waals surface area contributed by atoms with Gasteiger partial charge in [-0.15, -0.1) is 0 Å². The number of hydrogen-bond donors (Lipinski definition) is 2. The van der Waals surface area contributed by atoms with Crippen LogP contribution in [0.15, 0.2) is 49.1 Å². The van der Waals surface area contributed by atoms with Crippen LogP contribution in [-0.4, -0.2) is 24.9 Å². The van der Waals surface area contributed by atoms with Gasteiger partial charge in [-0.1, -0.05) is 13.8 Å². The Labute approximate surface area is 134 Å². The van der Waals surface area contributed by atoms with Crippen molar-refractivity contribution < 1.29 is 0 Å². The third kappa shape index (κ3) is 3.97. The highest BCUT2D eigenvalue weighted by molar-refractivity contribution is 5.56. The summed E-state index contributed by atoms with van der Waals surface area (Å²) in [6.45, 7) is 4.08. The SMILES string of the molecule is CC(C)c1nc(Nc2cccnc2)nc(Nc2cccnc2)n1. The van der Waals surface area contributed by atoms with Crippen molar-refractivity contribution in [3.63, 3.8) is 0 Å². The van der Waals surface area contributed by atoms with E-state index in [1.54, 1.807) is 24.8 Å². The average molecular weight is 307 g/mol. The van der Waals surface area contributed by atoms with Crippen molar-refractivity contribution >= 4 is 23.3 Å². The highest BCUT2D eigenvalue weighted by Crippen LogP contribution is 2.19. The predicted molar refractivity (Wildman–Crippen MR) is 89.0 cm³/mol. The highest BCUT2D eigenvalue weighted by atomic mass is 15.2. The second-order valence-electron chi connectivity index (χ2n) is 5.23. The van der Waals surface area contributed by atoms with E-state index in [1.165, 1.54) is 0 Å². The van der Waals surface area contributed by atoms with E-state index in [0.717, 1.165) is 11.4 Å². The molecule has 0 aliphatic rings. The minimum atomic E-state index is 0.182. The molecule has 7 heteroatoms. The number of pyridine rings is 2. The van der Waals surface area contributed by atoms with Crippen LogP contribution in [-0.2, 0) is 0 Å². The van der Waals surface area contributed by atoms with E-state index in [-0.39, 0.29) is 5.92 Å². The van der Waals surface area contributed by atoms with Crippen LogP contribution in [0.5, 0.6) is 0 Å². The second kappa shape index (κ2) is 6.78. The van der Waals surface area contributed by atoms with Gasteiger partial charge in [-0.05, 0) is 24.3 Å². The Kier molecular flexibility index (Phi) is 4.37. The first kappa shape index (κ1) is 14.8. The average Bonchev–Trinajstić information content (AvgIpc) is 2.56. The third-order valence-electron chi connectivity index (χ3n) is 3.00. The summed E-state index contributed by atoms with van der Waals surface area (Å²) < 4.78 is 0. The van der Waals surface area contributed by atoms with E-state index in [1.807, 2.05) is 38.1 Å². The van der Waals surface area contributed by atoms with Crippen LogP contribution in [0.2, 0.25) is 0 Å². The summed E-state index contributed by atoms with van der Waals surface area (Å²) in [4.78, 5) is 21.5. The Morgan fingerprint density at radius 2 is 1.30 bits per heavy atom. The lowest BCUT2D eigenvalue weighted by Crippen LogP contribution is -2.08. The molecule has 0 amide bonds. The van der Waals surface area contributed by atoms with E-state index in [2.05, 4.69) is 35.6 Å². The van der Waals surface area contributed by atoms with Gasteiger partial charge in [0, 0.05) is 18.3 Å². The lowest BCUT2D eigenvalue weighted by atomic mass is 10.2. The number of anilines is 4. The number of aromatic nitrogens is 5. The van der Waals surface area contributed by atoms with Gasteiger partial charge < -0.3 is 10.6 Å². The molecule has 0 fully saturated rings. The molecule has 3 aromatic heterocycles. The molecule has 0 atom stereocenters. The fourth-order valence-corrected chi connectivity index (χ4v) is 1.89. The molecule has 0 saturated heterocycles. The molecule has 3 aromatic rings. The van der Waals surface area contributed by atoms with Gasteiger partial charge >= 0.3 is 0 Å². The van der Waals surface area contributed by atoms with Crippen molar-refractivity contribution in [3.05, 3.63) is 54.9 Å². The Bertz CT molecular complexity index is 700. The summed E-state index contributed by atoms with van der Waals surface area (Å²) in [7, 11) is 0. The predicted octanol–water partition coefficient (Wildman–Crippen LogP) is 3.27. The maximum absolute atomic E-state index is 4.45. The number of hydrogen-bond acceptors (Lipinski definition) is 7. The van der Waals surface area contributed by atoms with Crippen molar-refractivity contribution in [1.29, 1.82) is 0 Å². The topological polar surface area (TPSA) is 88.5 Å². The van der Waals surface area contributed by atoms with Gasteiger partial charge in [-0.3, -0.25) is 9.97 Å². The summed E-state index contributed by atoms with van der Waals surface area (Å²) >= 11 is 0. The lowest BCUT2D eigenvalue weighted by molar-refractivity contribution is 0.766. The maximum Gasteiger partial charge on any atom is 0.232 e. The molecule has 3 rings (SSSR count). The van der Waals surface area contributed by atoms with Crippen LogP contribution in [0.1, 0.15) is 25.6 Å². The van der Waals surface area contributed by atoms with E-state index >= 15 is 0 Å². The summed E-state index contributed by atoms with van der Waals surface area (Å²) in [5.74, 6) is 1.84. The molecular formula is C16H17N7. The van der Waals surface area contributed by atoms with Gasteiger partial charge in [0.05, 0.1) is 23.8 Å². The lowest BCUT2D eigenvalue weighted by Gasteiger charge is -2.11. The first-order valence-electron chi connectivity index (χ1n) is 7.31. The summed E-state index contributed by atoms with van der Waals surface area (Å²) in [5.41, 5.74) is 1.64. The van der Waals surface area contributed by atoms with Gasteiger partial charge in [0.15, 0.2) is 0 Å². The normalized spacial score (nSPS) is 10.6. The van der Waals surface area contributed by atoms with Crippen LogP contribution in [0.25, 0.3) is 0 Å². The second-order valence-corrected chi connectivity index (χ2v) is 5.23. The molecule has 0 aromatic carbocycles. The Hall–Kier alpha value is -3.09. The number of nitrogens with one attached hydrogen (secondary N) is 2. The van der Waals surface area contributed by atoms with Crippen LogP contribution in [0, 0.1) is 0 Å². The Morgan fingerprint density at radius 3 is 1.70 bits per heavy atom.